The average Bonchev–Trinajstić information content (AvgIpc) is 2.46. The zero-order chi connectivity index (χ0) is 12.2. The molecule has 2 aromatic rings. The van der Waals surface area contributed by atoms with Gasteiger partial charge < -0.3 is 5.32 Å². The Morgan fingerprint density at radius 3 is 2.61 bits per heavy atom. The highest BCUT2D eigenvalue weighted by atomic mass is 14.9. The number of hydrogen-bond acceptors (Lipinski definition) is 1. The predicted molar refractivity (Wildman–Crippen MR) is 75.5 cm³/mol. The second kappa shape index (κ2) is 4.98. The SMILES string of the molecule is C(#C[C@@H]1CCc2ccccc2N1)c1ccccc1. The normalized spacial score (nSPS) is 17.0. The van der Waals surface area contributed by atoms with Crippen LogP contribution in [0.3, 0.4) is 0 Å². The summed E-state index contributed by atoms with van der Waals surface area (Å²) in [4.78, 5) is 0. The number of hydrogen-bond donors (Lipinski definition) is 1. The molecule has 1 aliphatic rings. The molecule has 1 N–H and O–H groups in total. The van der Waals surface area contributed by atoms with Gasteiger partial charge in [0.15, 0.2) is 0 Å². The van der Waals surface area contributed by atoms with Gasteiger partial charge in [0.25, 0.3) is 0 Å². The van der Waals surface area contributed by atoms with Crippen LogP contribution >= 0.6 is 0 Å². The molecule has 1 aliphatic heterocycles. The molecule has 0 amide bonds. The lowest BCUT2D eigenvalue weighted by atomic mass is 9.98. The van der Waals surface area contributed by atoms with Crippen LogP contribution in [0.1, 0.15) is 17.5 Å². The highest BCUT2D eigenvalue weighted by Gasteiger charge is 2.14. The van der Waals surface area contributed by atoms with Crippen molar-refractivity contribution in [2.24, 2.45) is 0 Å². The molecule has 0 aliphatic carbocycles. The van der Waals surface area contributed by atoms with Gasteiger partial charge in [-0.3, -0.25) is 0 Å². The molecular formula is C17H15N. The number of nitrogens with one attached hydrogen (secondary N) is 1. The maximum atomic E-state index is 3.49. The smallest absolute Gasteiger partial charge is 0.0883 e. The second-order valence-electron chi connectivity index (χ2n) is 4.53. The zero-order valence-electron chi connectivity index (χ0n) is 10.2. The number of aryl methyl sites for hydroxylation is 1. The summed E-state index contributed by atoms with van der Waals surface area (Å²) >= 11 is 0. The molecule has 88 valence electrons. The standard InChI is InChI=1S/C17H15N/c1-2-6-14(7-3-1)10-12-16-13-11-15-8-4-5-9-17(15)18-16/h1-9,16,18H,11,13H2/t16-/m1/s1. The molecular weight excluding hydrogens is 218 g/mol. The Balaban J connectivity index is 1.76. The molecule has 0 spiro atoms. The Hall–Kier alpha value is -2.20. The lowest BCUT2D eigenvalue weighted by Crippen LogP contribution is -2.23. The minimum absolute atomic E-state index is 0.264. The Labute approximate surface area is 108 Å². The summed E-state index contributed by atoms with van der Waals surface area (Å²) in [5, 5.41) is 3.49. The Kier molecular flexibility index (Phi) is 3.02. The molecule has 1 nitrogen and oxygen atoms in total. The van der Waals surface area contributed by atoms with Crippen LogP contribution in [0.25, 0.3) is 0 Å². The van der Waals surface area contributed by atoms with E-state index in [2.05, 4.69) is 41.4 Å². The van der Waals surface area contributed by atoms with Gasteiger partial charge in [-0.1, -0.05) is 48.2 Å². The first kappa shape index (κ1) is 10.9. The molecule has 3 rings (SSSR count). The van der Waals surface area contributed by atoms with Crippen molar-refractivity contribution >= 4 is 5.69 Å². The van der Waals surface area contributed by atoms with Gasteiger partial charge >= 0.3 is 0 Å². The van der Waals surface area contributed by atoms with E-state index in [1.807, 2.05) is 30.3 Å². The van der Waals surface area contributed by atoms with E-state index in [1.165, 1.54) is 11.3 Å². The average molecular weight is 233 g/mol. The van der Waals surface area contributed by atoms with Crippen LogP contribution in [-0.2, 0) is 6.42 Å². The number of anilines is 1. The van der Waals surface area contributed by atoms with Gasteiger partial charge in [0, 0.05) is 11.3 Å². The molecule has 0 bridgehead atoms. The van der Waals surface area contributed by atoms with Gasteiger partial charge in [-0.25, -0.2) is 0 Å². The minimum atomic E-state index is 0.264. The number of benzene rings is 2. The first-order chi connectivity index (χ1) is 8.92. The highest BCUT2D eigenvalue weighted by molar-refractivity contribution is 5.55. The maximum Gasteiger partial charge on any atom is 0.0883 e. The first-order valence-corrected chi connectivity index (χ1v) is 6.33. The molecule has 0 unspecified atom stereocenters. The fourth-order valence-corrected chi connectivity index (χ4v) is 2.24. The van der Waals surface area contributed by atoms with Crippen molar-refractivity contribution in [3.05, 3.63) is 65.7 Å². The topological polar surface area (TPSA) is 12.0 Å². The Bertz CT molecular complexity index is 590. The molecule has 0 saturated carbocycles. The summed E-state index contributed by atoms with van der Waals surface area (Å²) in [6.45, 7) is 0. The highest BCUT2D eigenvalue weighted by Crippen LogP contribution is 2.23. The third-order valence-electron chi connectivity index (χ3n) is 3.21. The Morgan fingerprint density at radius 1 is 0.944 bits per heavy atom. The summed E-state index contributed by atoms with van der Waals surface area (Å²) in [7, 11) is 0. The maximum absolute atomic E-state index is 3.49. The largest absolute Gasteiger partial charge is 0.371 e. The molecule has 1 heterocycles. The third-order valence-corrected chi connectivity index (χ3v) is 3.21. The van der Waals surface area contributed by atoms with Crippen molar-refractivity contribution in [2.75, 3.05) is 5.32 Å². The molecule has 2 aromatic carbocycles. The number of fused-ring (bicyclic) bond motifs is 1. The molecule has 1 atom stereocenters. The van der Waals surface area contributed by atoms with E-state index in [9.17, 15) is 0 Å². The number of para-hydroxylation sites is 1. The molecule has 0 radical (unpaired) electrons. The monoisotopic (exact) mass is 233 g/mol. The van der Waals surface area contributed by atoms with Crippen molar-refractivity contribution in [2.45, 2.75) is 18.9 Å². The van der Waals surface area contributed by atoms with Crippen LogP contribution < -0.4 is 5.32 Å². The van der Waals surface area contributed by atoms with Gasteiger partial charge in [-0.15, -0.1) is 0 Å². The number of rotatable bonds is 0. The van der Waals surface area contributed by atoms with Crippen LogP contribution in [0.15, 0.2) is 54.6 Å². The van der Waals surface area contributed by atoms with E-state index in [4.69, 9.17) is 0 Å². The van der Waals surface area contributed by atoms with E-state index in [-0.39, 0.29) is 6.04 Å². The van der Waals surface area contributed by atoms with Crippen LogP contribution in [-0.4, -0.2) is 6.04 Å². The van der Waals surface area contributed by atoms with Gasteiger partial charge in [0.05, 0.1) is 6.04 Å². The van der Waals surface area contributed by atoms with Gasteiger partial charge in [-0.2, -0.15) is 0 Å². The first-order valence-electron chi connectivity index (χ1n) is 6.33. The summed E-state index contributed by atoms with van der Waals surface area (Å²) in [6.07, 6.45) is 2.19. The fraction of sp³-hybridized carbons (Fsp3) is 0.176. The van der Waals surface area contributed by atoms with E-state index < -0.39 is 0 Å². The predicted octanol–water partition coefficient (Wildman–Crippen LogP) is 3.47. The van der Waals surface area contributed by atoms with Crippen LogP contribution in [0.4, 0.5) is 5.69 Å². The molecule has 0 aromatic heterocycles. The van der Waals surface area contributed by atoms with Crippen molar-refractivity contribution in [1.82, 2.24) is 0 Å². The van der Waals surface area contributed by atoms with Gasteiger partial charge in [-0.05, 0) is 36.6 Å². The second-order valence-corrected chi connectivity index (χ2v) is 4.53. The van der Waals surface area contributed by atoms with Crippen molar-refractivity contribution in [3.63, 3.8) is 0 Å². The zero-order valence-corrected chi connectivity index (χ0v) is 10.2. The Morgan fingerprint density at radius 2 is 1.72 bits per heavy atom. The van der Waals surface area contributed by atoms with E-state index in [1.54, 1.807) is 0 Å². The van der Waals surface area contributed by atoms with Crippen molar-refractivity contribution in [1.29, 1.82) is 0 Å². The minimum Gasteiger partial charge on any atom is -0.371 e. The van der Waals surface area contributed by atoms with Crippen molar-refractivity contribution in [3.8, 4) is 11.8 Å². The fourth-order valence-electron chi connectivity index (χ4n) is 2.24. The quantitative estimate of drug-likeness (QED) is 0.687. The van der Waals surface area contributed by atoms with E-state index >= 15 is 0 Å². The van der Waals surface area contributed by atoms with Crippen LogP contribution in [0.5, 0.6) is 0 Å². The molecule has 18 heavy (non-hydrogen) atoms. The molecule has 0 saturated heterocycles. The third kappa shape index (κ3) is 2.38. The van der Waals surface area contributed by atoms with Crippen LogP contribution in [0.2, 0.25) is 0 Å². The summed E-state index contributed by atoms with van der Waals surface area (Å²) < 4.78 is 0. The summed E-state index contributed by atoms with van der Waals surface area (Å²) in [5.74, 6) is 6.55. The molecule has 1 heteroatoms. The van der Waals surface area contributed by atoms with E-state index in [0.717, 1.165) is 18.4 Å². The van der Waals surface area contributed by atoms with Crippen LogP contribution in [0, 0.1) is 11.8 Å². The van der Waals surface area contributed by atoms with Gasteiger partial charge in [0.1, 0.15) is 0 Å². The van der Waals surface area contributed by atoms with Crippen molar-refractivity contribution < 1.29 is 0 Å². The summed E-state index contributed by atoms with van der Waals surface area (Å²) in [6, 6.07) is 18.9. The van der Waals surface area contributed by atoms with Gasteiger partial charge in [0.2, 0.25) is 0 Å². The summed E-state index contributed by atoms with van der Waals surface area (Å²) in [5.41, 5.74) is 3.71. The lowest BCUT2D eigenvalue weighted by Gasteiger charge is -2.23. The lowest BCUT2D eigenvalue weighted by molar-refractivity contribution is 0.747. The van der Waals surface area contributed by atoms with E-state index in [0.29, 0.717) is 0 Å². The molecule has 0 fully saturated rings.